The van der Waals surface area contributed by atoms with E-state index in [1.165, 1.54) is 17.3 Å². The first-order chi connectivity index (χ1) is 13.0. The Bertz CT molecular complexity index is 1040. The number of tetrazole rings is 1. The van der Waals surface area contributed by atoms with Crippen molar-refractivity contribution in [3.63, 3.8) is 0 Å². The van der Waals surface area contributed by atoms with Crippen molar-refractivity contribution in [2.75, 3.05) is 11.1 Å². The minimum atomic E-state index is -0.284. The number of amides is 1. The van der Waals surface area contributed by atoms with E-state index in [-0.39, 0.29) is 11.7 Å². The summed E-state index contributed by atoms with van der Waals surface area (Å²) in [6.45, 7) is 4.05. The van der Waals surface area contributed by atoms with E-state index >= 15 is 0 Å². The third-order valence-electron chi connectivity index (χ3n) is 3.88. The van der Waals surface area contributed by atoms with Gasteiger partial charge in [0.15, 0.2) is 0 Å². The first-order valence-electron chi connectivity index (χ1n) is 7.96. The molecule has 0 aliphatic rings. The standard InChI is InChI=1S/C18H15ClN6OS/c1-11-3-6-15(7-12(11)2)25-18(22-23-24-25)27-10-17(26)21-16-8-14(19)5-4-13(16)9-20/h3-8H,10H2,1-2H3,(H,21,26). The SMILES string of the molecule is Cc1ccc(-n2nnnc2SCC(=O)Nc2cc(Cl)ccc2C#N)cc1C. The number of carbonyl (C=O) groups excluding carboxylic acids is 1. The molecule has 136 valence electrons. The van der Waals surface area contributed by atoms with Crippen molar-refractivity contribution < 1.29 is 4.79 Å². The summed E-state index contributed by atoms with van der Waals surface area (Å²) in [7, 11) is 0. The van der Waals surface area contributed by atoms with Gasteiger partial charge in [0.1, 0.15) is 6.07 Å². The van der Waals surface area contributed by atoms with Crippen molar-refractivity contribution in [1.82, 2.24) is 20.2 Å². The Morgan fingerprint density at radius 3 is 2.81 bits per heavy atom. The van der Waals surface area contributed by atoms with Crippen LogP contribution in [0.4, 0.5) is 5.69 Å². The summed E-state index contributed by atoms with van der Waals surface area (Å²) in [5.74, 6) is -0.198. The van der Waals surface area contributed by atoms with Gasteiger partial charge in [-0.25, -0.2) is 0 Å². The summed E-state index contributed by atoms with van der Waals surface area (Å²) in [5, 5.41) is 24.4. The number of aromatic nitrogens is 4. The number of nitrogens with one attached hydrogen (secondary N) is 1. The number of anilines is 1. The van der Waals surface area contributed by atoms with Gasteiger partial charge in [0.05, 0.1) is 22.7 Å². The van der Waals surface area contributed by atoms with E-state index in [0.29, 0.717) is 21.4 Å². The number of benzene rings is 2. The van der Waals surface area contributed by atoms with Crippen molar-refractivity contribution in [3.8, 4) is 11.8 Å². The van der Waals surface area contributed by atoms with Crippen molar-refractivity contribution in [1.29, 1.82) is 5.26 Å². The normalized spacial score (nSPS) is 10.4. The number of nitrogens with zero attached hydrogens (tertiary/aromatic N) is 5. The average Bonchev–Trinajstić information content (AvgIpc) is 3.11. The second-order valence-corrected chi connectivity index (χ2v) is 7.16. The molecule has 0 unspecified atom stereocenters. The smallest absolute Gasteiger partial charge is 0.234 e. The van der Waals surface area contributed by atoms with Gasteiger partial charge >= 0.3 is 0 Å². The lowest BCUT2D eigenvalue weighted by molar-refractivity contribution is -0.113. The molecule has 1 amide bonds. The van der Waals surface area contributed by atoms with Crippen molar-refractivity contribution in [3.05, 3.63) is 58.1 Å². The van der Waals surface area contributed by atoms with Gasteiger partial charge in [0.25, 0.3) is 0 Å². The number of nitriles is 1. The molecule has 0 spiro atoms. The van der Waals surface area contributed by atoms with Gasteiger partial charge in [-0.15, -0.1) is 5.10 Å². The number of carbonyl (C=O) groups is 1. The quantitative estimate of drug-likeness (QED) is 0.660. The fourth-order valence-corrected chi connectivity index (χ4v) is 3.19. The van der Waals surface area contributed by atoms with Gasteiger partial charge in [-0.2, -0.15) is 9.94 Å². The molecule has 0 atom stereocenters. The summed E-state index contributed by atoms with van der Waals surface area (Å²) in [6.07, 6.45) is 0. The maximum absolute atomic E-state index is 12.3. The van der Waals surface area contributed by atoms with Gasteiger partial charge in [0.2, 0.25) is 11.1 Å². The Balaban J connectivity index is 1.70. The molecular formula is C18H15ClN6OS. The fourth-order valence-electron chi connectivity index (χ4n) is 2.32. The number of halogens is 1. The highest BCUT2D eigenvalue weighted by atomic mass is 35.5. The molecule has 0 aliphatic heterocycles. The monoisotopic (exact) mass is 398 g/mol. The van der Waals surface area contributed by atoms with E-state index in [1.807, 2.05) is 38.1 Å². The minimum Gasteiger partial charge on any atom is -0.324 e. The van der Waals surface area contributed by atoms with Crippen LogP contribution in [0.25, 0.3) is 5.69 Å². The molecule has 0 radical (unpaired) electrons. The van der Waals surface area contributed by atoms with Crippen LogP contribution >= 0.6 is 23.4 Å². The van der Waals surface area contributed by atoms with Crippen LogP contribution in [0.15, 0.2) is 41.6 Å². The van der Waals surface area contributed by atoms with Crippen LogP contribution in [-0.4, -0.2) is 31.9 Å². The zero-order chi connectivity index (χ0) is 19.4. The van der Waals surface area contributed by atoms with Crippen molar-refractivity contribution >= 4 is 35.0 Å². The van der Waals surface area contributed by atoms with Crippen LogP contribution in [0.1, 0.15) is 16.7 Å². The lowest BCUT2D eigenvalue weighted by Crippen LogP contribution is -2.15. The molecule has 1 N–H and O–H groups in total. The van der Waals surface area contributed by atoms with Crippen LogP contribution in [-0.2, 0) is 4.79 Å². The topological polar surface area (TPSA) is 96.5 Å². The van der Waals surface area contributed by atoms with E-state index < -0.39 is 0 Å². The van der Waals surface area contributed by atoms with Gasteiger partial charge in [-0.3, -0.25) is 4.79 Å². The highest BCUT2D eigenvalue weighted by Crippen LogP contribution is 2.23. The molecule has 0 aliphatic carbocycles. The molecule has 3 aromatic rings. The number of hydrogen-bond acceptors (Lipinski definition) is 6. The molecule has 1 heterocycles. The molecule has 9 heteroatoms. The van der Waals surface area contributed by atoms with Crippen LogP contribution < -0.4 is 5.32 Å². The van der Waals surface area contributed by atoms with Gasteiger partial charge in [0, 0.05) is 5.02 Å². The largest absolute Gasteiger partial charge is 0.324 e. The van der Waals surface area contributed by atoms with Crippen LogP contribution in [0.3, 0.4) is 0 Å². The Hall–Kier alpha value is -2.89. The maximum atomic E-state index is 12.3. The third-order valence-corrected chi connectivity index (χ3v) is 5.04. The van der Waals surface area contributed by atoms with E-state index in [4.69, 9.17) is 16.9 Å². The van der Waals surface area contributed by atoms with E-state index in [0.717, 1.165) is 11.3 Å². The van der Waals surface area contributed by atoms with E-state index in [1.54, 1.807) is 22.9 Å². The number of thioether (sulfide) groups is 1. The second kappa shape index (κ2) is 8.20. The van der Waals surface area contributed by atoms with Gasteiger partial charge in [-0.1, -0.05) is 29.4 Å². The first kappa shape index (κ1) is 18.9. The van der Waals surface area contributed by atoms with E-state index in [9.17, 15) is 4.79 Å². The summed E-state index contributed by atoms with van der Waals surface area (Å²) in [6, 6.07) is 12.6. The first-order valence-corrected chi connectivity index (χ1v) is 9.32. The van der Waals surface area contributed by atoms with Crippen LogP contribution in [0.5, 0.6) is 0 Å². The lowest BCUT2D eigenvalue weighted by atomic mass is 10.1. The van der Waals surface area contributed by atoms with Gasteiger partial charge < -0.3 is 5.32 Å². The molecule has 0 fully saturated rings. The minimum absolute atomic E-state index is 0.0859. The van der Waals surface area contributed by atoms with Gasteiger partial charge in [-0.05, 0) is 65.7 Å². The predicted molar refractivity (Wildman–Crippen MR) is 104 cm³/mol. The molecule has 1 aromatic heterocycles. The zero-order valence-electron chi connectivity index (χ0n) is 14.6. The number of aryl methyl sites for hydroxylation is 2. The zero-order valence-corrected chi connectivity index (χ0v) is 16.2. The highest BCUT2D eigenvalue weighted by molar-refractivity contribution is 7.99. The summed E-state index contributed by atoms with van der Waals surface area (Å²) in [5.41, 5.74) is 3.85. The van der Waals surface area contributed by atoms with Crippen LogP contribution in [0.2, 0.25) is 5.02 Å². The Labute approximate surface area is 165 Å². The van der Waals surface area contributed by atoms with Crippen LogP contribution in [0, 0.1) is 25.2 Å². The molecule has 0 saturated heterocycles. The highest BCUT2D eigenvalue weighted by Gasteiger charge is 2.13. The summed E-state index contributed by atoms with van der Waals surface area (Å²) >= 11 is 7.13. The molecular weight excluding hydrogens is 384 g/mol. The Morgan fingerprint density at radius 2 is 2.07 bits per heavy atom. The summed E-state index contributed by atoms with van der Waals surface area (Å²) < 4.78 is 1.59. The van der Waals surface area contributed by atoms with E-state index in [2.05, 4.69) is 20.8 Å². The Morgan fingerprint density at radius 1 is 1.26 bits per heavy atom. The number of hydrogen-bond donors (Lipinski definition) is 1. The molecule has 0 bridgehead atoms. The molecule has 0 saturated carbocycles. The summed E-state index contributed by atoms with van der Waals surface area (Å²) in [4.78, 5) is 12.3. The molecule has 3 rings (SSSR count). The average molecular weight is 399 g/mol. The number of rotatable bonds is 5. The van der Waals surface area contributed by atoms with Crippen molar-refractivity contribution in [2.24, 2.45) is 0 Å². The fraction of sp³-hybridized carbons (Fsp3) is 0.167. The molecule has 2 aromatic carbocycles. The lowest BCUT2D eigenvalue weighted by Gasteiger charge is -2.08. The maximum Gasteiger partial charge on any atom is 0.234 e. The van der Waals surface area contributed by atoms with Crippen molar-refractivity contribution in [2.45, 2.75) is 19.0 Å². The molecule has 7 nitrogen and oxygen atoms in total. The third kappa shape index (κ3) is 4.45. The Kier molecular flexibility index (Phi) is 5.74. The molecule has 27 heavy (non-hydrogen) atoms. The predicted octanol–water partition coefficient (Wildman–Crippen LogP) is 3.54. The second-order valence-electron chi connectivity index (χ2n) is 5.78.